The minimum absolute atomic E-state index is 0.0889. The average molecular weight is 341 g/mol. The van der Waals surface area contributed by atoms with Crippen LogP contribution in [0.4, 0.5) is 4.39 Å². The molecule has 1 fully saturated rings. The normalized spacial score (nSPS) is 16.2. The van der Waals surface area contributed by atoms with E-state index >= 15 is 0 Å². The number of hydrogen-bond donors (Lipinski definition) is 1. The molecule has 132 valence electrons. The van der Waals surface area contributed by atoms with Crippen molar-refractivity contribution in [2.75, 3.05) is 13.2 Å². The first-order valence-electron chi connectivity index (χ1n) is 8.93. The molecule has 1 aliphatic carbocycles. The van der Waals surface area contributed by atoms with Crippen LogP contribution in [0.3, 0.4) is 0 Å². The highest BCUT2D eigenvalue weighted by molar-refractivity contribution is 5.88. The molecule has 2 aromatic rings. The monoisotopic (exact) mass is 341 g/mol. The van der Waals surface area contributed by atoms with Crippen molar-refractivity contribution < 1.29 is 13.9 Å². The predicted molar refractivity (Wildman–Crippen MR) is 96.1 cm³/mol. The van der Waals surface area contributed by atoms with Gasteiger partial charge < -0.3 is 10.1 Å². The van der Waals surface area contributed by atoms with E-state index in [2.05, 4.69) is 5.32 Å². The highest BCUT2D eigenvalue weighted by atomic mass is 19.1. The van der Waals surface area contributed by atoms with Crippen LogP contribution in [0.2, 0.25) is 0 Å². The highest BCUT2D eigenvalue weighted by Crippen LogP contribution is 2.40. The Balaban J connectivity index is 1.65. The maximum atomic E-state index is 14.4. The summed E-state index contributed by atoms with van der Waals surface area (Å²) in [5.41, 5.74) is -0.229. The minimum Gasteiger partial charge on any atom is -0.492 e. The topological polar surface area (TPSA) is 38.3 Å². The molecule has 4 heteroatoms. The van der Waals surface area contributed by atoms with Gasteiger partial charge in [0.05, 0.1) is 12.0 Å². The van der Waals surface area contributed by atoms with E-state index in [1.165, 1.54) is 6.07 Å². The smallest absolute Gasteiger partial charge is 0.230 e. The van der Waals surface area contributed by atoms with Crippen LogP contribution in [0, 0.1) is 5.82 Å². The molecular weight excluding hydrogens is 317 g/mol. The standard InChI is InChI=1S/C21H24FNO2/c22-19-12-6-5-11-18(19)21(13-7-2-8-14-21)20(24)23-15-16-25-17-9-3-1-4-10-17/h1,3-6,9-12H,2,7-8,13-16H2,(H,23,24). The second kappa shape index (κ2) is 8.15. The number of carbonyl (C=O) groups excluding carboxylic acids is 1. The van der Waals surface area contributed by atoms with Crippen LogP contribution < -0.4 is 10.1 Å². The van der Waals surface area contributed by atoms with Crippen molar-refractivity contribution in [3.8, 4) is 5.75 Å². The predicted octanol–water partition coefficient (Wildman–Crippen LogP) is 4.22. The van der Waals surface area contributed by atoms with E-state index in [4.69, 9.17) is 4.74 Å². The molecule has 0 unspecified atom stereocenters. The van der Waals surface area contributed by atoms with E-state index < -0.39 is 5.41 Å². The highest BCUT2D eigenvalue weighted by Gasteiger charge is 2.42. The number of nitrogens with one attached hydrogen (secondary N) is 1. The third-order valence-corrected chi connectivity index (χ3v) is 4.93. The maximum Gasteiger partial charge on any atom is 0.230 e. The van der Waals surface area contributed by atoms with Gasteiger partial charge in [0.1, 0.15) is 18.2 Å². The molecule has 0 bridgehead atoms. The average Bonchev–Trinajstić information content (AvgIpc) is 2.67. The van der Waals surface area contributed by atoms with Crippen LogP contribution in [0.1, 0.15) is 37.7 Å². The molecule has 3 rings (SSSR count). The molecule has 1 N–H and O–H groups in total. The molecule has 0 aliphatic heterocycles. The first kappa shape index (κ1) is 17.5. The summed E-state index contributed by atoms with van der Waals surface area (Å²) in [7, 11) is 0. The molecule has 0 radical (unpaired) electrons. The van der Waals surface area contributed by atoms with Crippen LogP contribution in [-0.2, 0) is 10.2 Å². The van der Waals surface area contributed by atoms with Gasteiger partial charge in [-0.05, 0) is 31.0 Å². The van der Waals surface area contributed by atoms with Crippen molar-refractivity contribution >= 4 is 5.91 Å². The fraction of sp³-hybridized carbons (Fsp3) is 0.381. The van der Waals surface area contributed by atoms with Crippen molar-refractivity contribution in [2.45, 2.75) is 37.5 Å². The number of rotatable bonds is 6. The van der Waals surface area contributed by atoms with E-state index in [1.807, 2.05) is 30.3 Å². The summed E-state index contributed by atoms with van der Waals surface area (Å²) in [6, 6.07) is 16.2. The summed E-state index contributed by atoms with van der Waals surface area (Å²) in [4.78, 5) is 13.0. The maximum absolute atomic E-state index is 14.4. The van der Waals surface area contributed by atoms with Gasteiger partial charge in [0.2, 0.25) is 5.91 Å². The number of carbonyl (C=O) groups is 1. The Bertz CT molecular complexity index is 696. The van der Waals surface area contributed by atoms with Crippen molar-refractivity contribution in [3.63, 3.8) is 0 Å². The Labute approximate surface area is 148 Å². The quantitative estimate of drug-likeness (QED) is 0.799. The van der Waals surface area contributed by atoms with Gasteiger partial charge in [-0.2, -0.15) is 0 Å². The number of benzene rings is 2. The molecule has 1 aliphatic rings. The molecular formula is C21H24FNO2. The summed E-state index contributed by atoms with van der Waals surface area (Å²) in [6.45, 7) is 0.799. The number of ether oxygens (including phenoxy) is 1. The number of amides is 1. The van der Waals surface area contributed by atoms with Gasteiger partial charge in [0.25, 0.3) is 0 Å². The van der Waals surface area contributed by atoms with Crippen LogP contribution >= 0.6 is 0 Å². The summed E-state index contributed by atoms with van der Waals surface area (Å²) >= 11 is 0. The number of para-hydroxylation sites is 1. The fourth-order valence-corrected chi connectivity index (χ4v) is 3.64. The third-order valence-electron chi connectivity index (χ3n) is 4.93. The van der Waals surface area contributed by atoms with Crippen molar-refractivity contribution in [1.29, 1.82) is 0 Å². The molecule has 25 heavy (non-hydrogen) atoms. The molecule has 1 saturated carbocycles. The van der Waals surface area contributed by atoms with Gasteiger partial charge in [-0.1, -0.05) is 55.7 Å². The van der Waals surface area contributed by atoms with E-state index in [-0.39, 0.29) is 11.7 Å². The molecule has 3 nitrogen and oxygen atoms in total. The molecule has 0 aromatic heterocycles. The van der Waals surface area contributed by atoms with Crippen LogP contribution in [0.5, 0.6) is 5.75 Å². The van der Waals surface area contributed by atoms with Gasteiger partial charge in [-0.15, -0.1) is 0 Å². The Hall–Kier alpha value is -2.36. The lowest BCUT2D eigenvalue weighted by Gasteiger charge is -2.36. The van der Waals surface area contributed by atoms with E-state index in [9.17, 15) is 9.18 Å². The molecule has 0 spiro atoms. The fourth-order valence-electron chi connectivity index (χ4n) is 3.64. The van der Waals surface area contributed by atoms with Crippen molar-refractivity contribution in [1.82, 2.24) is 5.32 Å². The number of hydrogen-bond acceptors (Lipinski definition) is 2. The molecule has 2 aromatic carbocycles. The van der Waals surface area contributed by atoms with Crippen molar-refractivity contribution in [2.24, 2.45) is 0 Å². The Morgan fingerprint density at radius 3 is 2.40 bits per heavy atom. The first-order valence-corrected chi connectivity index (χ1v) is 8.93. The molecule has 0 atom stereocenters. The van der Waals surface area contributed by atoms with Crippen molar-refractivity contribution in [3.05, 3.63) is 66.0 Å². The lowest BCUT2D eigenvalue weighted by atomic mass is 9.68. The van der Waals surface area contributed by atoms with Gasteiger partial charge in [0.15, 0.2) is 0 Å². The lowest BCUT2D eigenvalue weighted by Crippen LogP contribution is -2.47. The zero-order chi connectivity index (χ0) is 17.5. The zero-order valence-corrected chi connectivity index (χ0v) is 14.3. The van der Waals surface area contributed by atoms with E-state index in [0.717, 1.165) is 25.0 Å². The van der Waals surface area contributed by atoms with Crippen LogP contribution in [0.25, 0.3) is 0 Å². The minimum atomic E-state index is -0.754. The summed E-state index contributed by atoms with van der Waals surface area (Å²) in [5, 5.41) is 2.96. The molecule has 0 saturated heterocycles. The SMILES string of the molecule is O=C(NCCOc1ccccc1)C1(c2ccccc2F)CCCCC1. The zero-order valence-electron chi connectivity index (χ0n) is 14.3. The summed E-state index contributed by atoms with van der Waals surface area (Å²) < 4.78 is 20.0. The Morgan fingerprint density at radius 2 is 1.68 bits per heavy atom. The van der Waals surface area contributed by atoms with Crippen LogP contribution in [0.15, 0.2) is 54.6 Å². The largest absolute Gasteiger partial charge is 0.492 e. The third kappa shape index (κ3) is 4.01. The Morgan fingerprint density at radius 1 is 1.00 bits per heavy atom. The van der Waals surface area contributed by atoms with Crippen LogP contribution in [-0.4, -0.2) is 19.1 Å². The second-order valence-corrected chi connectivity index (χ2v) is 6.54. The number of halogens is 1. The van der Waals surface area contributed by atoms with E-state index in [1.54, 1.807) is 18.2 Å². The molecule has 0 heterocycles. The Kier molecular flexibility index (Phi) is 5.69. The molecule has 1 amide bonds. The summed E-state index contributed by atoms with van der Waals surface area (Å²) in [6.07, 6.45) is 4.38. The summed E-state index contributed by atoms with van der Waals surface area (Å²) in [5.74, 6) is 0.396. The lowest BCUT2D eigenvalue weighted by molar-refractivity contribution is -0.128. The van der Waals surface area contributed by atoms with E-state index in [0.29, 0.717) is 31.6 Å². The first-order chi connectivity index (χ1) is 12.2. The second-order valence-electron chi connectivity index (χ2n) is 6.54. The van der Waals surface area contributed by atoms with Gasteiger partial charge >= 0.3 is 0 Å². The van der Waals surface area contributed by atoms with Gasteiger partial charge in [-0.3, -0.25) is 4.79 Å². The van der Waals surface area contributed by atoms with Gasteiger partial charge in [-0.25, -0.2) is 4.39 Å². The van der Waals surface area contributed by atoms with Gasteiger partial charge in [0, 0.05) is 5.56 Å².